The van der Waals surface area contributed by atoms with Gasteiger partial charge in [-0.15, -0.1) is 11.3 Å². The third kappa shape index (κ3) is 2.65. The molecule has 0 aliphatic carbocycles. The highest BCUT2D eigenvalue weighted by atomic mass is 32.1. The van der Waals surface area contributed by atoms with E-state index in [0.717, 1.165) is 30.9 Å². The number of hydrogen-bond donors (Lipinski definition) is 2. The highest BCUT2D eigenvalue weighted by Gasteiger charge is 2.27. The lowest BCUT2D eigenvalue weighted by Crippen LogP contribution is -2.31. The maximum atomic E-state index is 12.1. The zero-order valence-corrected chi connectivity index (χ0v) is 12.8. The van der Waals surface area contributed by atoms with Crippen LogP contribution < -0.4 is 16.0 Å². The van der Waals surface area contributed by atoms with Gasteiger partial charge in [0.15, 0.2) is 5.78 Å². The van der Waals surface area contributed by atoms with Crippen molar-refractivity contribution in [2.75, 3.05) is 30.8 Å². The van der Waals surface area contributed by atoms with Gasteiger partial charge in [0.2, 0.25) is 0 Å². The van der Waals surface area contributed by atoms with E-state index in [1.807, 2.05) is 6.92 Å². The van der Waals surface area contributed by atoms with Crippen LogP contribution in [0.4, 0.5) is 10.7 Å². The molecule has 3 N–H and O–H groups in total. The van der Waals surface area contributed by atoms with Gasteiger partial charge in [-0.3, -0.25) is 9.59 Å². The molecule has 0 aromatic carbocycles. The topological polar surface area (TPSA) is 75.4 Å². The van der Waals surface area contributed by atoms with Crippen LogP contribution in [-0.4, -0.2) is 31.8 Å². The summed E-state index contributed by atoms with van der Waals surface area (Å²) in [7, 11) is 1.58. The Morgan fingerprint density at radius 2 is 1.95 bits per heavy atom. The second-order valence-corrected chi connectivity index (χ2v) is 5.93. The predicted octanol–water partition coefficient (Wildman–Crippen LogP) is 2.27. The normalized spacial score (nSPS) is 15.2. The molecule has 0 bridgehead atoms. The quantitative estimate of drug-likeness (QED) is 0.836. The standard InChI is InChI=1S/C14H21N3O2S/c1-3-9(18)12-11(15)10(13(19)16-2)14(20-12)17-7-5-4-6-8-17/h3-8,15H2,1-2H3,(H,16,19). The van der Waals surface area contributed by atoms with Crippen molar-refractivity contribution in [2.45, 2.75) is 32.6 Å². The highest BCUT2D eigenvalue weighted by molar-refractivity contribution is 7.19. The summed E-state index contributed by atoms with van der Waals surface area (Å²) in [6.45, 7) is 3.65. The molecule has 0 saturated carbocycles. The molecule has 110 valence electrons. The minimum atomic E-state index is -0.213. The van der Waals surface area contributed by atoms with Crippen LogP contribution in [0, 0.1) is 0 Å². The highest BCUT2D eigenvalue weighted by Crippen LogP contribution is 2.39. The second-order valence-electron chi connectivity index (χ2n) is 4.93. The number of rotatable bonds is 4. The summed E-state index contributed by atoms with van der Waals surface area (Å²) in [6.07, 6.45) is 3.84. The van der Waals surface area contributed by atoms with E-state index in [-0.39, 0.29) is 11.7 Å². The Hall–Kier alpha value is -1.56. The van der Waals surface area contributed by atoms with E-state index in [1.165, 1.54) is 17.8 Å². The van der Waals surface area contributed by atoms with Gasteiger partial charge in [-0.2, -0.15) is 0 Å². The van der Waals surface area contributed by atoms with Crippen LogP contribution in [0.25, 0.3) is 0 Å². The van der Waals surface area contributed by atoms with E-state index in [0.29, 0.717) is 22.5 Å². The number of thiophene rings is 1. The van der Waals surface area contributed by atoms with Crippen molar-refractivity contribution in [3.8, 4) is 0 Å². The Bertz CT molecular complexity index is 519. The molecule has 1 saturated heterocycles. The number of nitrogen functional groups attached to an aromatic ring is 1. The van der Waals surface area contributed by atoms with Crippen molar-refractivity contribution < 1.29 is 9.59 Å². The molecular formula is C14H21N3O2S. The SMILES string of the molecule is CCC(=O)c1sc(N2CCCCC2)c(C(=O)NC)c1N. The molecule has 1 fully saturated rings. The Kier molecular flexibility index (Phi) is 4.65. The van der Waals surface area contributed by atoms with E-state index in [1.54, 1.807) is 7.05 Å². The largest absolute Gasteiger partial charge is 0.397 e. The Morgan fingerprint density at radius 3 is 2.50 bits per heavy atom. The van der Waals surface area contributed by atoms with E-state index >= 15 is 0 Å². The van der Waals surface area contributed by atoms with Gasteiger partial charge in [0.05, 0.1) is 16.1 Å². The average Bonchev–Trinajstić information content (AvgIpc) is 2.84. The summed E-state index contributed by atoms with van der Waals surface area (Å²) < 4.78 is 0. The maximum Gasteiger partial charge on any atom is 0.256 e. The first-order valence-electron chi connectivity index (χ1n) is 7.02. The molecular weight excluding hydrogens is 274 g/mol. The van der Waals surface area contributed by atoms with Gasteiger partial charge < -0.3 is 16.0 Å². The number of nitrogens with two attached hydrogens (primary N) is 1. The molecule has 1 amide bonds. The number of anilines is 2. The number of nitrogens with one attached hydrogen (secondary N) is 1. The molecule has 2 heterocycles. The molecule has 0 unspecified atom stereocenters. The Labute approximate surface area is 123 Å². The second kappa shape index (κ2) is 6.26. The van der Waals surface area contributed by atoms with Crippen LogP contribution in [-0.2, 0) is 0 Å². The number of amides is 1. The van der Waals surface area contributed by atoms with E-state index in [9.17, 15) is 9.59 Å². The number of hydrogen-bond acceptors (Lipinski definition) is 5. The third-order valence-corrected chi connectivity index (χ3v) is 4.91. The van der Waals surface area contributed by atoms with Crippen molar-refractivity contribution in [3.63, 3.8) is 0 Å². The predicted molar refractivity (Wildman–Crippen MR) is 82.8 cm³/mol. The van der Waals surface area contributed by atoms with Gasteiger partial charge in [0.25, 0.3) is 5.91 Å². The molecule has 1 aromatic heterocycles. The van der Waals surface area contributed by atoms with Crippen LogP contribution in [0.2, 0.25) is 0 Å². The molecule has 0 radical (unpaired) electrons. The van der Waals surface area contributed by atoms with Crippen LogP contribution in [0.5, 0.6) is 0 Å². The van der Waals surface area contributed by atoms with Crippen molar-refractivity contribution in [1.82, 2.24) is 5.32 Å². The van der Waals surface area contributed by atoms with Gasteiger partial charge in [0.1, 0.15) is 5.00 Å². The fraction of sp³-hybridized carbons (Fsp3) is 0.571. The maximum absolute atomic E-state index is 12.1. The third-order valence-electron chi connectivity index (χ3n) is 3.60. The lowest BCUT2D eigenvalue weighted by Gasteiger charge is -2.28. The lowest BCUT2D eigenvalue weighted by molar-refractivity contribution is 0.0964. The average molecular weight is 295 g/mol. The first kappa shape index (κ1) is 14.8. The molecule has 1 aromatic rings. The summed E-state index contributed by atoms with van der Waals surface area (Å²) in [4.78, 5) is 26.8. The van der Waals surface area contributed by atoms with Gasteiger partial charge in [-0.25, -0.2) is 0 Å². The molecule has 1 aliphatic rings. The molecule has 2 rings (SSSR count). The first-order valence-corrected chi connectivity index (χ1v) is 7.84. The van der Waals surface area contributed by atoms with Gasteiger partial charge in [-0.05, 0) is 19.3 Å². The van der Waals surface area contributed by atoms with Crippen molar-refractivity contribution >= 4 is 33.7 Å². The molecule has 5 nitrogen and oxygen atoms in total. The molecule has 0 spiro atoms. The van der Waals surface area contributed by atoms with Gasteiger partial charge in [0, 0.05) is 26.6 Å². The molecule has 6 heteroatoms. The zero-order valence-electron chi connectivity index (χ0n) is 12.0. The summed E-state index contributed by atoms with van der Waals surface area (Å²) in [5.41, 5.74) is 6.87. The lowest BCUT2D eigenvalue weighted by atomic mass is 10.1. The van der Waals surface area contributed by atoms with Crippen LogP contribution in [0.3, 0.4) is 0 Å². The number of carbonyl (C=O) groups is 2. The Balaban J connectivity index is 2.47. The fourth-order valence-corrected chi connectivity index (χ4v) is 3.74. The summed E-state index contributed by atoms with van der Waals surface area (Å²) in [6, 6.07) is 0. The van der Waals surface area contributed by atoms with Crippen LogP contribution in [0.1, 0.15) is 52.6 Å². The number of Topliss-reactive ketones (excluding diaryl/α,β-unsaturated/α-hetero) is 1. The molecule has 1 aliphatic heterocycles. The number of nitrogens with zero attached hydrogens (tertiary/aromatic N) is 1. The van der Waals surface area contributed by atoms with Gasteiger partial charge in [-0.1, -0.05) is 6.92 Å². The summed E-state index contributed by atoms with van der Waals surface area (Å²) in [5, 5.41) is 3.47. The van der Waals surface area contributed by atoms with Gasteiger partial charge >= 0.3 is 0 Å². The van der Waals surface area contributed by atoms with E-state index in [4.69, 9.17) is 5.73 Å². The van der Waals surface area contributed by atoms with Crippen LogP contribution in [0.15, 0.2) is 0 Å². The smallest absolute Gasteiger partial charge is 0.256 e. The monoisotopic (exact) mass is 295 g/mol. The van der Waals surface area contributed by atoms with Crippen molar-refractivity contribution in [1.29, 1.82) is 0 Å². The minimum Gasteiger partial charge on any atom is -0.397 e. The summed E-state index contributed by atoms with van der Waals surface area (Å²) >= 11 is 1.36. The minimum absolute atomic E-state index is 0.000845. The molecule has 20 heavy (non-hydrogen) atoms. The zero-order chi connectivity index (χ0) is 14.7. The van der Waals surface area contributed by atoms with E-state index < -0.39 is 0 Å². The van der Waals surface area contributed by atoms with Crippen molar-refractivity contribution in [2.24, 2.45) is 0 Å². The Morgan fingerprint density at radius 1 is 1.30 bits per heavy atom. The number of carbonyl (C=O) groups excluding carboxylic acids is 2. The van der Waals surface area contributed by atoms with Crippen LogP contribution >= 0.6 is 11.3 Å². The summed E-state index contributed by atoms with van der Waals surface area (Å²) in [5.74, 6) is -0.213. The molecule has 0 atom stereocenters. The first-order chi connectivity index (χ1) is 9.60. The number of piperidine rings is 1. The number of ketones is 1. The fourth-order valence-electron chi connectivity index (χ4n) is 2.46. The van der Waals surface area contributed by atoms with Crippen molar-refractivity contribution in [3.05, 3.63) is 10.4 Å². The van der Waals surface area contributed by atoms with E-state index in [2.05, 4.69) is 10.2 Å².